The van der Waals surface area contributed by atoms with Gasteiger partial charge in [-0.15, -0.1) is 11.3 Å². The van der Waals surface area contributed by atoms with Crippen LogP contribution in [0.4, 0.5) is 16.5 Å². The molecule has 156 valence electrons. The molecule has 0 atom stereocenters. The van der Waals surface area contributed by atoms with Crippen LogP contribution in [-0.4, -0.2) is 31.2 Å². The fourth-order valence-electron chi connectivity index (χ4n) is 3.58. The zero-order valence-corrected chi connectivity index (χ0v) is 17.9. The van der Waals surface area contributed by atoms with E-state index in [1.165, 1.54) is 5.69 Å². The second-order valence-corrected chi connectivity index (χ2v) is 8.24. The summed E-state index contributed by atoms with van der Waals surface area (Å²) in [6, 6.07) is 26.4. The molecule has 0 amide bonds. The Labute approximate surface area is 186 Å². The SMILES string of the molecule is c1ccc(Oc2ccc(Nc3nc(-c4ccc(N5CCNCC5)cc4)cs3)cc2)cc1. The van der Waals surface area contributed by atoms with Crippen LogP contribution in [0.1, 0.15) is 0 Å². The Morgan fingerprint density at radius 3 is 2.29 bits per heavy atom. The van der Waals surface area contributed by atoms with Crippen molar-refractivity contribution in [2.75, 3.05) is 36.4 Å². The molecule has 0 aliphatic carbocycles. The maximum atomic E-state index is 5.85. The van der Waals surface area contributed by atoms with Gasteiger partial charge in [0.25, 0.3) is 0 Å². The Kier molecular flexibility index (Phi) is 5.82. The van der Waals surface area contributed by atoms with Gasteiger partial charge in [-0.1, -0.05) is 30.3 Å². The van der Waals surface area contributed by atoms with Gasteiger partial charge in [0.2, 0.25) is 0 Å². The third-order valence-electron chi connectivity index (χ3n) is 5.23. The number of hydrogen-bond acceptors (Lipinski definition) is 6. The highest BCUT2D eigenvalue weighted by molar-refractivity contribution is 7.14. The number of rotatable bonds is 6. The Bertz CT molecular complexity index is 1100. The highest BCUT2D eigenvalue weighted by Crippen LogP contribution is 2.30. The van der Waals surface area contributed by atoms with Gasteiger partial charge in [-0.2, -0.15) is 0 Å². The fraction of sp³-hybridized carbons (Fsp3) is 0.160. The molecule has 1 fully saturated rings. The molecule has 0 spiro atoms. The van der Waals surface area contributed by atoms with Gasteiger partial charge in [0.15, 0.2) is 5.13 Å². The van der Waals surface area contributed by atoms with Gasteiger partial charge in [-0.25, -0.2) is 4.98 Å². The number of thiazole rings is 1. The molecule has 5 nitrogen and oxygen atoms in total. The third kappa shape index (κ3) is 4.87. The highest BCUT2D eigenvalue weighted by atomic mass is 32.1. The Hall–Kier alpha value is -3.35. The van der Waals surface area contributed by atoms with Crippen LogP contribution in [0.2, 0.25) is 0 Å². The minimum Gasteiger partial charge on any atom is -0.457 e. The number of ether oxygens (including phenoxy) is 1. The van der Waals surface area contributed by atoms with Crippen molar-refractivity contribution in [3.05, 3.63) is 84.2 Å². The van der Waals surface area contributed by atoms with Crippen LogP contribution in [0.25, 0.3) is 11.3 Å². The van der Waals surface area contributed by atoms with Crippen LogP contribution in [0, 0.1) is 0 Å². The van der Waals surface area contributed by atoms with E-state index in [2.05, 4.69) is 45.2 Å². The first-order valence-corrected chi connectivity index (χ1v) is 11.3. The van der Waals surface area contributed by atoms with Gasteiger partial charge in [0.05, 0.1) is 5.69 Å². The van der Waals surface area contributed by atoms with E-state index >= 15 is 0 Å². The zero-order chi connectivity index (χ0) is 20.9. The van der Waals surface area contributed by atoms with Crippen LogP contribution in [-0.2, 0) is 0 Å². The molecule has 0 radical (unpaired) electrons. The molecule has 1 saturated heterocycles. The van der Waals surface area contributed by atoms with Gasteiger partial charge in [0, 0.05) is 48.5 Å². The van der Waals surface area contributed by atoms with E-state index in [9.17, 15) is 0 Å². The zero-order valence-electron chi connectivity index (χ0n) is 17.1. The monoisotopic (exact) mass is 428 g/mol. The molecule has 0 bridgehead atoms. The van der Waals surface area contributed by atoms with Gasteiger partial charge in [-0.3, -0.25) is 0 Å². The van der Waals surface area contributed by atoms with Crippen LogP contribution < -0.4 is 20.3 Å². The lowest BCUT2D eigenvalue weighted by Crippen LogP contribution is -2.43. The van der Waals surface area contributed by atoms with Crippen molar-refractivity contribution < 1.29 is 4.74 Å². The third-order valence-corrected chi connectivity index (χ3v) is 5.99. The second-order valence-electron chi connectivity index (χ2n) is 7.39. The normalized spacial score (nSPS) is 13.7. The van der Waals surface area contributed by atoms with Crippen LogP contribution in [0.5, 0.6) is 11.5 Å². The van der Waals surface area contributed by atoms with Crippen LogP contribution >= 0.6 is 11.3 Å². The summed E-state index contributed by atoms with van der Waals surface area (Å²) in [4.78, 5) is 7.18. The predicted octanol–water partition coefficient (Wildman–Crippen LogP) is 5.76. The maximum Gasteiger partial charge on any atom is 0.187 e. The number of para-hydroxylation sites is 1. The lowest BCUT2D eigenvalue weighted by molar-refractivity contribution is 0.483. The minimum absolute atomic E-state index is 0.807. The Morgan fingerprint density at radius 2 is 1.55 bits per heavy atom. The van der Waals surface area contributed by atoms with Crippen molar-refractivity contribution in [3.63, 3.8) is 0 Å². The molecular formula is C25H24N4OS. The van der Waals surface area contributed by atoms with Crippen LogP contribution in [0.3, 0.4) is 0 Å². The first-order chi connectivity index (χ1) is 15.3. The largest absolute Gasteiger partial charge is 0.457 e. The van der Waals surface area contributed by atoms with E-state index in [0.717, 1.165) is 59.8 Å². The first kappa shape index (κ1) is 19.6. The summed E-state index contributed by atoms with van der Waals surface area (Å²) in [5, 5.41) is 9.74. The molecule has 2 N–H and O–H groups in total. The van der Waals surface area contributed by atoms with E-state index in [-0.39, 0.29) is 0 Å². The quantitative estimate of drug-likeness (QED) is 0.409. The van der Waals surface area contributed by atoms with Gasteiger partial charge >= 0.3 is 0 Å². The van der Waals surface area contributed by atoms with Crippen LogP contribution in [0.15, 0.2) is 84.2 Å². The van der Waals surface area contributed by atoms with Crippen molar-refractivity contribution in [1.29, 1.82) is 0 Å². The maximum absolute atomic E-state index is 5.85. The number of anilines is 3. The van der Waals surface area contributed by atoms with Crippen molar-refractivity contribution in [2.24, 2.45) is 0 Å². The summed E-state index contributed by atoms with van der Waals surface area (Å²) in [6.07, 6.45) is 0. The smallest absolute Gasteiger partial charge is 0.187 e. The Balaban J connectivity index is 1.22. The van der Waals surface area contributed by atoms with E-state index in [1.807, 2.05) is 54.6 Å². The molecule has 5 rings (SSSR count). The average Bonchev–Trinajstić information content (AvgIpc) is 3.30. The molecule has 1 aromatic heterocycles. The Morgan fingerprint density at radius 1 is 0.839 bits per heavy atom. The van der Waals surface area contributed by atoms with E-state index in [0.29, 0.717) is 0 Å². The van der Waals surface area contributed by atoms with Gasteiger partial charge in [-0.05, 0) is 48.5 Å². The fourth-order valence-corrected chi connectivity index (χ4v) is 4.32. The standard InChI is InChI=1S/C25H24N4OS/c1-2-4-22(5-3-1)30-23-12-8-20(9-13-23)27-25-28-24(18-31-25)19-6-10-21(11-7-19)29-16-14-26-15-17-29/h1-13,18,26H,14-17H2,(H,27,28). The second kappa shape index (κ2) is 9.20. The van der Waals surface area contributed by atoms with Gasteiger partial charge < -0.3 is 20.3 Å². The number of benzene rings is 3. The molecule has 6 heteroatoms. The summed E-state index contributed by atoms with van der Waals surface area (Å²) in [5.74, 6) is 1.64. The van der Waals surface area contributed by atoms with E-state index < -0.39 is 0 Å². The van der Waals surface area contributed by atoms with Crippen molar-refractivity contribution in [2.45, 2.75) is 0 Å². The topological polar surface area (TPSA) is 49.4 Å². The molecular weight excluding hydrogens is 404 g/mol. The number of hydrogen-bond donors (Lipinski definition) is 2. The summed E-state index contributed by atoms with van der Waals surface area (Å²) >= 11 is 1.61. The number of aromatic nitrogens is 1. The molecule has 2 heterocycles. The van der Waals surface area contributed by atoms with Crippen molar-refractivity contribution >= 4 is 27.8 Å². The lowest BCUT2D eigenvalue weighted by Gasteiger charge is -2.29. The number of nitrogens with one attached hydrogen (secondary N) is 2. The number of nitrogens with zero attached hydrogens (tertiary/aromatic N) is 2. The molecule has 1 aliphatic rings. The highest BCUT2D eigenvalue weighted by Gasteiger charge is 2.11. The predicted molar refractivity (Wildman–Crippen MR) is 129 cm³/mol. The molecule has 0 unspecified atom stereocenters. The summed E-state index contributed by atoms with van der Waals surface area (Å²) < 4.78 is 5.85. The molecule has 31 heavy (non-hydrogen) atoms. The summed E-state index contributed by atoms with van der Waals surface area (Å²) in [6.45, 7) is 4.20. The minimum atomic E-state index is 0.807. The lowest BCUT2D eigenvalue weighted by atomic mass is 10.1. The van der Waals surface area contributed by atoms with Gasteiger partial charge in [0.1, 0.15) is 11.5 Å². The van der Waals surface area contributed by atoms with Crippen molar-refractivity contribution in [1.82, 2.24) is 10.3 Å². The van der Waals surface area contributed by atoms with Crippen molar-refractivity contribution in [3.8, 4) is 22.8 Å². The van der Waals surface area contributed by atoms with E-state index in [1.54, 1.807) is 11.3 Å². The van der Waals surface area contributed by atoms with E-state index in [4.69, 9.17) is 9.72 Å². The summed E-state index contributed by atoms with van der Waals surface area (Å²) in [5.41, 5.74) is 4.38. The molecule has 3 aromatic carbocycles. The first-order valence-electron chi connectivity index (χ1n) is 10.5. The molecule has 1 aliphatic heterocycles. The molecule has 0 saturated carbocycles. The number of piperazine rings is 1. The molecule has 4 aromatic rings. The summed E-state index contributed by atoms with van der Waals surface area (Å²) in [7, 11) is 0. The average molecular weight is 429 g/mol.